The van der Waals surface area contributed by atoms with Gasteiger partial charge >= 0.3 is 11.9 Å². The van der Waals surface area contributed by atoms with Crippen molar-refractivity contribution in [1.82, 2.24) is 4.98 Å². The number of hydrogen-bond acceptors (Lipinski definition) is 3. The van der Waals surface area contributed by atoms with Crippen molar-refractivity contribution in [3.05, 3.63) is 23.0 Å². The minimum Gasteiger partial charge on any atom is -0.478 e. The van der Waals surface area contributed by atoms with Gasteiger partial charge in [0.1, 0.15) is 0 Å². The number of H-pyrrole nitrogens is 1. The van der Waals surface area contributed by atoms with Crippen molar-refractivity contribution >= 4 is 11.9 Å². The molecule has 2 N–H and O–H groups in total. The first-order valence-electron chi connectivity index (χ1n) is 4.62. The van der Waals surface area contributed by atoms with Crippen LogP contribution in [-0.2, 0) is 16.0 Å². The molecule has 1 heterocycles. The molecule has 0 unspecified atom stereocenters. The zero-order valence-corrected chi connectivity index (χ0v) is 8.66. The Morgan fingerprint density at radius 2 is 2.20 bits per heavy atom. The van der Waals surface area contributed by atoms with E-state index in [0.717, 1.165) is 0 Å². The number of esters is 1. The van der Waals surface area contributed by atoms with E-state index in [2.05, 4.69) is 4.98 Å². The maximum atomic E-state index is 11.2. The highest BCUT2D eigenvalue weighted by molar-refractivity contribution is 5.92. The van der Waals surface area contributed by atoms with E-state index in [-0.39, 0.29) is 12.0 Å². The topological polar surface area (TPSA) is 79.4 Å². The van der Waals surface area contributed by atoms with Crippen LogP contribution in [-0.4, -0.2) is 28.6 Å². The summed E-state index contributed by atoms with van der Waals surface area (Å²) in [6, 6.07) is 0. The molecule has 0 aliphatic heterocycles. The Labute approximate surface area is 87.1 Å². The number of carbonyl (C=O) groups excluding carboxylic acids is 1. The van der Waals surface area contributed by atoms with Gasteiger partial charge in [0.25, 0.3) is 0 Å². The molecular formula is C10H13NO4. The average molecular weight is 211 g/mol. The third-order valence-corrected chi connectivity index (χ3v) is 2.00. The van der Waals surface area contributed by atoms with Gasteiger partial charge in [0.15, 0.2) is 0 Å². The second kappa shape index (κ2) is 4.63. The van der Waals surface area contributed by atoms with Gasteiger partial charge in [-0.15, -0.1) is 0 Å². The number of aromatic nitrogens is 1. The summed E-state index contributed by atoms with van der Waals surface area (Å²) in [4.78, 5) is 24.8. The molecule has 0 aliphatic rings. The molecule has 0 bridgehead atoms. The second-order valence-corrected chi connectivity index (χ2v) is 3.11. The second-order valence-electron chi connectivity index (χ2n) is 3.11. The van der Waals surface area contributed by atoms with E-state index in [1.54, 1.807) is 20.0 Å². The molecule has 0 radical (unpaired) electrons. The van der Waals surface area contributed by atoms with Gasteiger partial charge in [-0.25, -0.2) is 4.79 Å². The highest BCUT2D eigenvalue weighted by Gasteiger charge is 2.17. The number of carboxylic acids is 1. The van der Waals surface area contributed by atoms with Gasteiger partial charge in [-0.3, -0.25) is 4.79 Å². The van der Waals surface area contributed by atoms with Gasteiger partial charge in [-0.05, 0) is 19.4 Å². The van der Waals surface area contributed by atoms with Crippen LogP contribution in [0.2, 0.25) is 0 Å². The lowest BCUT2D eigenvalue weighted by Gasteiger charge is -2.01. The number of aromatic carboxylic acids is 1. The first-order valence-corrected chi connectivity index (χ1v) is 4.62. The van der Waals surface area contributed by atoms with Crippen molar-refractivity contribution in [2.75, 3.05) is 6.61 Å². The lowest BCUT2D eigenvalue weighted by atomic mass is 10.1. The molecular weight excluding hydrogens is 198 g/mol. The van der Waals surface area contributed by atoms with Gasteiger partial charge < -0.3 is 14.8 Å². The number of aryl methyl sites for hydroxylation is 1. The Morgan fingerprint density at radius 3 is 2.73 bits per heavy atom. The first-order chi connectivity index (χ1) is 7.06. The van der Waals surface area contributed by atoms with Crippen LogP contribution in [0.25, 0.3) is 0 Å². The zero-order valence-electron chi connectivity index (χ0n) is 8.66. The Kier molecular flexibility index (Phi) is 3.49. The van der Waals surface area contributed by atoms with Gasteiger partial charge in [0.2, 0.25) is 0 Å². The smallest absolute Gasteiger partial charge is 0.337 e. The van der Waals surface area contributed by atoms with E-state index in [0.29, 0.717) is 17.9 Å². The zero-order chi connectivity index (χ0) is 11.4. The van der Waals surface area contributed by atoms with Crippen LogP contribution in [0.3, 0.4) is 0 Å². The predicted octanol–water partition coefficient (Wildman–Crippen LogP) is 1.13. The number of rotatable bonds is 4. The van der Waals surface area contributed by atoms with Crippen molar-refractivity contribution in [2.24, 2.45) is 0 Å². The third kappa shape index (κ3) is 2.59. The molecule has 1 aromatic rings. The SMILES string of the molecule is CCOC(=O)Cc1[nH]cc(C)c1C(=O)O. The largest absolute Gasteiger partial charge is 0.478 e. The molecule has 5 nitrogen and oxygen atoms in total. The number of nitrogens with one attached hydrogen (secondary N) is 1. The van der Waals surface area contributed by atoms with Crippen molar-refractivity contribution in [3.63, 3.8) is 0 Å². The molecule has 1 aromatic heterocycles. The highest BCUT2D eigenvalue weighted by atomic mass is 16.5. The van der Waals surface area contributed by atoms with E-state index in [9.17, 15) is 9.59 Å². The quantitative estimate of drug-likeness (QED) is 0.731. The van der Waals surface area contributed by atoms with Crippen LogP contribution in [0.1, 0.15) is 28.5 Å². The average Bonchev–Trinajstić information content (AvgIpc) is 2.47. The van der Waals surface area contributed by atoms with E-state index < -0.39 is 11.9 Å². The molecule has 1 rings (SSSR count). The fourth-order valence-corrected chi connectivity index (χ4v) is 1.37. The van der Waals surface area contributed by atoms with Crippen LogP contribution >= 0.6 is 0 Å². The molecule has 5 heteroatoms. The number of carboxylic acid groups (broad SMARTS) is 1. The van der Waals surface area contributed by atoms with E-state index in [4.69, 9.17) is 9.84 Å². The van der Waals surface area contributed by atoms with Crippen LogP contribution < -0.4 is 0 Å². The summed E-state index contributed by atoms with van der Waals surface area (Å²) >= 11 is 0. The first kappa shape index (κ1) is 11.3. The van der Waals surface area contributed by atoms with Crippen LogP contribution in [0.15, 0.2) is 6.20 Å². The van der Waals surface area contributed by atoms with E-state index in [1.165, 1.54) is 0 Å². The van der Waals surface area contributed by atoms with Crippen LogP contribution in [0, 0.1) is 6.92 Å². The summed E-state index contributed by atoms with van der Waals surface area (Å²) < 4.78 is 4.74. The third-order valence-electron chi connectivity index (χ3n) is 2.00. The Hall–Kier alpha value is -1.78. The Balaban J connectivity index is 2.86. The van der Waals surface area contributed by atoms with Crippen molar-refractivity contribution in [3.8, 4) is 0 Å². The number of ether oxygens (including phenoxy) is 1. The van der Waals surface area contributed by atoms with Gasteiger partial charge in [-0.2, -0.15) is 0 Å². The summed E-state index contributed by atoms with van der Waals surface area (Å²) in [7, 11) is 0. The molecule has 0 saturated carbocycles. The fourth-order valence-electron chi connectivity index (χ4n) is 1.37. The molecule has 82 valence electrons. The summed E-state index contributed by atoms with van der Waals surface area (Å²) in [5, 5.41) is 8.91. The number of carbonyl (C=O) groups is 2. The molecule has 0 spiro atoms. The Bertz CT molecular complexity index is 381. The molecule has 0 fully saturated rings. The lowest BCUT2D eigenvalue weighted by molar-refractivity contribution is -0.142. The van der Waals surface area contributed by atoms with Crippen LogP contribution in [0.4, 0.5) is 0 Å². The van der Waals surface area contributed by atoms with Crippen LogP contribution in [0.5, 0.6) is 0 Å². The van der Waals surface area contributed by atoms with Gasteiger partial charge in [-0.1, -0.05) is 0 Å². The fraction of sp³-hybridized carbons (Fsp3) is 0.400. The summed E-state index contributed by atoms with van der Waals surface area (Å²) in [6.45, 7) is 3.67. The number of aromatic amines is 1. The molecule has 15 heavy (non-hydrogen) atoms. The van der Waals surface area contributed by atoms with Crippen molar-refractivity contribution in [2.45, 2.75) is 20.3 Å². The maximum Gasteiger partial charge on any atom is 0.337 e. The lowest BCUT2D eigenvalue weighted by Crippen LogP contribution is -2.11. The molecule has 0 amide bonds. The van der Waals surface area contributed by atoms with Crippen molar-refractivity contribution in [1.29, 1.82) is 0 Å². The summed E-state index contributed by atoms with van der Waals surface area (Å²) in [5.41, 5.74) is 1.16. The predicted molar refractivity (Wildman–Crippen MR) is 52.8 cm³/mol. The summed E-state index contributed by atoms with van der Waals surface area (Å²) in [5.74, 6) is -1.46. The molecule has 0 atom stereocenters. The highest BCUT2D eigenvalue weighted by Crippen LogP contribution is 2.14. The molecule has 0 aromatic carbocycles. The van der Waals surface area contributed by atoms with E-state index >= 15 is 0 Å². The molecule has 0 aliphatic carbocycles. The minimum absolute atomic E-state index is 0.0384. The minimum atomic E-state index is -1.03. The maximum absolute atomic E-state index is 11.2. The Morgan fingerprint density at radius 1 is 1.53 bits per heavy atom. The van der Waals surface area contributed by atoms with Crippen molar-refractivity contribution < 1.29 is 19.4 Å². The summed E-state index contributed by atoms with van der Waals surface area (Å²) in [6.07, 6.45) is 1.53. The van der Waals surface area contributed by atoms with Gasteiger partial charge in [0, 0.05) is 11.9 Å². The molecule has 0 saturated heterocycles. The van der Waals surface area contributed by atoms with E-state index in [1.807, 2.05) is 0 Å². The van der Waals surface area contributed by atoms with Gasteiger partial charge in [0.05, 0.1) is 18.6 Å². The number of hydrogen-bond donors (Lipinski definition) is 2. The monoisotopic (exact) mass is 211 g/mol. The normalized spacial score (nSPS) is 10.0. The standard InChI is InChI=1S/C10H13NO4/c1-3-15-8(12)4-7-9(10(13)14)6(2)5-11-7/h5,11H,3-4H2,1-2H3,(H,13,14).